The predicted molar refractivity (Wildman–Crippen MR) is 86.9 cm³/mol. The van der Waals surface area contributed by atoms with Crippen molar-refractivity contribution < 1.29 is 18.0 Å². The maximum absolute atomic E-state index is 13.6. The van der Waals surface area contributed by atoms with Gasteiger partial charge in [-0.1, -0.05) is 15.9 Å². The lowest BCUT2D eigenvalue weighted by atomic mass is 10.2. The van der Waals surface area contributed by atoms with Crippen LogP contribution >= 0.6 is 15.9 Å². The van der Waals surface area contributed by atoms with Gasteiger partial charge in [-0.3, -0.25) is 4.79 Å². The fourth-order valence-corrected chi connectivity index (χ4v) is 2.16. The molecule has 0 spiro atoms. The number of benzene rings is 2. The Morgan fingerprint density at radius 1 is 1.13 bits per heavy atom. The van der Waals surface area contributed by atoms with Crippen molar-refractivity contribution in [3.05, 3.63) is 57.8 Å². The zero-order chi connectivity index (χ0) is 17.1. The van der Waals surface area contributed by atoms with Crippen LogP contribution in [0.25, 0.3) is 0 Å². The van der Waals surface area contributed by atoms with Crippen LogP contribution in [0.1, 0.15) is 12.5 Å². The molecular formula is C16H14BrF3N2O. The Kier molecular flexibility index (Phi) is 5.30. The third-order valence-electron chi connectivity index (χ3n) is 3.23. The largest absolute Gasteiger partial charge is 0.374 e. The standard InChI is InChI=1S/C16H14BrF3N2O/c1-8-7-10(3-4-11(8)17)21-9(2)16(23)22-13-6-5-12(18)14(19)15(13)20/h3-7,9,21H,1-2H3,(H,22,23). The molecule has 1 atom stereocenters. The van der Waals surface area contributed by atoms with Crippen molar-refractivity contribution >= 4 is 33.2 Å². The average molecular weight is 387 g/mol. The second-order valence-electron chi connectivity index (χ2n) is 5.04. The van der Waals surface area contributed by atoms with E-state index < -0.39 is 35.1 Å². The molecule has 2 aromatic carbocycles. The number of rotatable bonds is 4. The molecule has 0 saturated heterocycles. The maximum Gasteiger partial charge on any atom is 0.246 e. The molecule has 0 radical (unpaired) electrons. The molecule has 0 fully saturated rings. The highest BCUT2D eigenvalue weighted by Gasteiger charge is 2.18. The number of nitrogens with one attached hydrogen (secondary N) is 2. The number of carbonyl (C=O) groups excluding carboxylic acids is 1. The zero-order valence-electron chi connectivity index (χ0n) is 12.4. The lowest BCUT2D eigenvalue weighted by molar-refractivity contribution is -0.116. The van der Waals surface area contributed by atoms with Gasteiger partial charge >= 0.3 is 0 Å². The normalized spacial score (nSPS) is 11.9. The van der Waals surface area contributed by atoms with Crippen LogP contribution < -0.4 is 10.6 Å². The molecule has 3 nitrogen and oxygen atoms in total. The molecule has 0 saturated carbocycles. The first kappa shape index (κ1) is 17.3. The lowest BCUT2D eigenvalue weighted by Crippen LogP contribution is -2.32. The summed E-state index contributed by atoms with van der Waals surface area (Å²) in [4.78, 5) is 12.1. The van der Waals surface area contributed by atoms with Gasteiger partial charge in [0.1, 0.15) is 6.04 Å². The number of anilines is 2. The van der Waals surface area contributed by atoms with Crippen molar-refractivity contribution in [1.29, 1.82) is 0 Å². The summed E-state index contributed by atoms with van der Waals surface area (Å²) in [6.45, 7) is 3.47. The molecule has 0 aromatic heterocycles. The van der Waals surface area contributed by atoms with E-state index >= 15 is 0 Å². The van der Waals surface area contributed by atoms with Gasteiger partial charge in [0.15, 0.2) is 17.5 Å². The monoisotopic (exact) mass is 386 g/mol. The summed E-state index contributed by atoms with van der Waals surface area (Å²) in [5.74, 6) is -4.93. The predicted octanol–water partition coefficient (Wildman–Crippen LogP) is 4.61. The molecule has 0 bridgehead atoms. The van der Waals surface area contributed by atoms with E-state index in [1.807, 2.05) is 19.1 Å². The SMILES string of the molecule is Cc1cc(NC(C)C(=O)Nc2ccc(F)c(F)c2F)ccc1Br. The first-order valence-electron chi connectivity index (χ1n) is 6.76. The Bertz CT molecular complexity index is 752. The smallest absolute Gasteiger partial charge is 0.246 e. The van der Waals surface area contributed by atoms with Crippen LogP contribution in [-0.4, -0.2) is 11.9 Å². The average Bonchev–Trinajstić information content (AvgIpc) is 2.51. The summed E-state index contributed by atoms with van der Waals surface area (Å²) in [6, 6.07) is 6.47. The van der Waals surface area contributed by atoms with Gasteiger partial charge in [0.25, 0.3) is 0 Å². The van der Waals surface area contributed by atoms with E-state index in [4.69, 9.17) is 0 Å². The molecule has 0 aliphatic carbocycles. The van der Waals surface area contributed by atoms with Crippen LogP contribution in [-0.2, 0) is 4.79 Å². The van der Waals surface area contributed by atoms with Crippen LogP contribution in [0.4, 0.5) is 24.5 Å². The summed E-state index contributed by atoms with van der Waals surface area (Å²) >= 11 is 3.37. The Labute approximate surface area is 140 Å². The molecule has 1 unspecified atom stereocenters. The number of aryl methyl sites for hydroxylation is 1. The molecule has 122 valence electrons. The fraction of sp³-hybridized carbons (Fsp3) is 0.188. The van der Waals surface area contributed by atoms with Gasteiger partial charge in [0.05, 0.1) is 5.69 Å². The Hall–Kier alpha value is -2.02. The van der Waals surface area contributed by atoms with Crippen LogP contribution in [0.3, 0.4) is 0 Å². The minimum Gasteiger partial charge on any atom is -0.374 e. The van der Waals surface area contributed by atoms with Crippen LogP contribution in [0.15, 0.2) is 34.8 Å². The van der Waals surface area contributed by atoms with Crippen molar-refractivity contribution in [1.82, 2.24) is 0 Å². The third-order valence-corrected chi connectivity index (χ3v) is 4.12. The molecule has 0 heterocycles. The van der Waals surface area contributed by atoms with E-state index in [1.165, 1.54) is 0 Å². The van der Waals surface area contributed by atoms with E-state index in [0.717, 1.165) is 22.2 Å². The number of hydrogen-bond acceptors (Lipinski definition) is 2. The summed E-state index contributed by atoms with van der Waals surface area (Å²) in [7, 11) is 0. The maximum atomic E-state index is 13.6. The van der Waals surface area contributed by atoms with Crippen molar-refractivity contribution in [3.8, 4) is 0 Å². The Morgan fingerprint density at radius 3 is 2.48 bits per heavy atom. The first-order chi connectivity index (χ1) is 10.8. The van der Waals surface area contributed by atoms with Crippen molar-refractivity contribution in [3.63, 3.8) is 0 Å². The quantitative estimate of drug-likeness (QED) is 0.753. The highest BCUT2D eigenvalue weighted by atomic mass is 79.9. The zero-order valence-corrected chi connectivity index (χ0v) is 14.0. The van der Waals surface area contributed by atoms with E-state index in [2.05, 4.69) is 26.6 Å². The minimum absolute atomic E-state index is 0.408. The highest BCUT2D eigenvalue weighted by Crippen LogP contribution is 2.22. The van der Waals surface area contributed by atoms with E-state index in [-0.39, 0.29) is 0 Å². The van der Waals surface area contributed by atoms with Gasteiger partial charge in [0, 0.05) is 10.2 Å². The molecule has 7 heteroatoms. The van der Waals surface area contributed by atoms with Crippen molar-refractivity contribution in [2.45, 2.75) is 19.9 Å². The Balaban J connectivity index is 2.08. The minimum atomic E-state index is -1.62. The van der Waals surface area contributed by atoms with Gasteiger partial charge in [-0.25, -0.2) is 13.2 Å². The van der Waals surface area contributed by atoms with E-state index in [1.54, 1.807) is 13.0 Å². The summed E-state index contributed by atoms with van der Waals surface area (Å²) in [6.07, 6.45) is 0. The van der Waals surface area contributed by atoms with Gasteiger partial charge in [-0.2, -0.15) is 0 Å². The van der Waals surface area contributed by atoms with E-state index in [9.17, 15) is 18.0 Å². The fourth-order valence-electron chi connectivity index (χ4n) is 1.91. The van der Waals surface area contributed by atoms with Gasteiger partial charge < -0.3 is 10.6 Å². The number of halogens is 4. The first-order valence-corrected chi connectivity index (χ1v) is 7.56. The molecule has 2 rings (SSSR count). The summed E-state index contributed by atoms with van der Waals surface area (Å²) < 4.78 is 40.5. The third kappa shape index (κ3) is 4.04. The van der Waals surface area contributed by atoms with Crippen LogP contribution in [0, 0.1) is 24.4 Å². The summed E-state index contributed by atoms with van der Waals surface area (Å²) in [5.41, 5.74) is 1.28. The molecule has 1 amide bonds. The van der Waals surface area contributed by atoms with Crippen molar-refractivity contribution in [2.75, 3.05) is 10.6 Å². The second-order valence-corrected chi connectivity index (χ2v) is 5.90. The lowest BCUT2D eigenvalue weighted by Gasteiger charge is -2.16. The molecule has 23 heavy (non-hydrogen) atoms. The molecular weight excluding hydrogens is 373 g/mol. The van der Waals surface area contributed by atoms with Gasteiger partial charge in [0.2, 0.25) is 5.91 Å². The van der Waals surface area contributed by atoms with Crippen molar-refractivity contribution in [2.24, 2.45) is 0 Å². The van der Waals surface area contributed by atoms with E-state index in [0.29, 0.717) is 5.69 Å². The molecule has 0 aliphatic rings. The molecule has 0 aliphatic heterocycles. The molecule has 2 aromatic rings. The number of carbonyl (C=O) groups is 1. The topological polar surface area (TPSA) is 41.1 Å². The Morgan fingerprint density at radius 2 is 1.83 bits per heavy atom. The second kappa shape index (κ2) is 7.04. The van der Waals surface area contributed by atoms with Crippen LogP contribution in [0.5, 0.6) is 0 Å². The van der Waals surface area contributed by atoms with Gasteiger partial charge in [-0.05, 0) is 49.7 Å². The van der Waals surface area contributed by atoms with Gasteiger partial charge in [-0.15, -0.1) is 0 Å². The molecule has 2 N–H and O–H groups in total. The number of hydrogen-bond donors (Lipinski definition) is 2. The van der Waals surface area contributed by atoms with Crippen LogP contribution in [0.2, 0.25) is 0 Å². The highest BCUT2D eigenvalue weighted by molar-refractivity contribution is 9.10. The number of amides is 1. The summed E-state index contributed by atoms with van der Waals surface area (Å²) in [5, 5.41) is 5.18.